The first kappa shape index (κ1) is 33.4. The van der Waals surface area contributed by atoms with Crippen molar-refractivity contribution in [1.82, 2.24) is 0 Å². The van der Waals surface area contributed by atoms with E-state index in [0.29, 0.717) is 11.5 Å². The summed E-state index contributed by atoms with van der Waals surface area (Å²) in [6.07, 6.45) is 3.36. The molecule has 1 amide bonds. The second kappa shape index (κ2) is 17.0. The van der Waals surface area contributed by atoms with Gasteiger partial charge in [0.1, 0.15) is 0 Å². The number of benzene rings is 1. The van der Waals surface area contributed by atoms with Crippen LogP contribution >= 0.6 is 0 Å². The SMILES string of the molecule is CC1=[C-]C(C)C(C)=C1C.C[SiH]C.Cc1cccc(C)c1C([NH-])=O.[Cl-].[Cl-].[Zr+4]. The fourth-order valence-corrected chi connectivity index (χ4v) is 2.33. The number of aryl methyl sites for hydroxylation is 2. The van der Waals surface area contributed by atoms with Gasteiger partial charge in [-0.1, -0.05) is 58.0 Å². The molecule has 1 N–H and O–H groups in total. The van der Waals surface area contributed by atoms with E-state index < -0.39 is 5.91 Å². The molecule has 1 radical (unpaired) electrons. The molecule has 1 aliphatic rings. The van der Waals surface area contributed by atoms with Gasteiger partial charge in [-0.05, 0) is 25.0 Å². The molecule has 26 heavy (non-hydrogen) atoms. The monoisotopic (exact) mass is 488 g/mol. The third-order valence-corrected chi connectivity index (χ3v) is 3.94. The Kier molecular flexibility index (Phi) is 21.8. The average molecular weight is 491 g/mol. The van der Waals surface area contributed by atoms with Crippen molar-refractivity contribution in [2.75, 3.05) is 0 Å². The van der Waals surface area contributed by atoms with Crippen molar-refractivity contribution in [2.24, 2.45) is 5.92 Å². The van der Waals surface area contributed by atoms with E-state index in [1.165, 1.54) is 16.7 Å². The molecular formula is C20H30Cl2NOSiZr. The molecule has 1 aliphatic carbocycles. The Bertz CT molecular complexity index is 596. The first-order valence-corrected chi connectivity index (χ1v) is 10.3. The van der Waals surface area contributed by atoms with Gasteiger partial charge in [-0.15, -0.1) is 6.92 Å². The van der Waals surface area contributed by atoms with Crippen LogP contribution in [0.2, 0.25) is 13.1 Å². The molecule has 1 unspecified atom stereocenters. The molecule has 0 heterocycles. The van der Waals surface area contributed by atoms with E-state index in [9.17, 15) is 4.79 Å². The summed E-state index contributed by atoms with van der Waals surface area (Å²) in [4.78, 5) is 10.8. The molecule has 0 saturated carbocycles. The van der Waals surface area contributed by atoms with Crippen molar-refractivity contribution in [3.8, 4) is 0 Å². The Morgan fingerprint density at radius 3 is 1.58 bits per heavy atom. The molecule has 0 aliphatic heterocycles. The van der Waals surface area contributed by atoms with Gasteiger partial charge in [-0.3, -0.25) is 6.08 Å². The second-order valence-corrected chi connectivity index (χ2v) is 7.13. The van der Waals surface area contributed by atoms with Gasteiger partial charge in [-0.25, -0.2) is 5.57 Å². The van der Waals surface area contributed by atoms with Crippen LogP contribution in [0.1, 0.15) is 49.2 Å². The summed E-state index contributed by atoms with van der Waals surface area (Å²) < 4.78 is 0. The molecule has 2 rings (SSSR count). The number of allylic oxidation sites excluding steroid dienone is 4. The van der Waals surface area contributed by atoms with E-state index in [1.54, 1.807) is 0 Å². The van der Waals surface area contributed by atoms with E-state index in [1.807, 2.05) is 32.0 Å². The third kappa shape index (κ3) is 10.9. The topological polar surface area (TPSA) is 40.9 Å². The zero-order valence-electron chi connectivity index (χ0n) is 17.1. The first-order valence-electron chi connectivity index (χ1n) is 8.01. The van der Waals surface area contributed by atoms with Crippen LogP contribution in [0.5, 0.6) is 0 Å². The van der Waals surface area contributed by atoms with Gasteiger partial charge in [0.05, 0.1) is 5.91 Å². The van der Waals surface area contributed by atoms with Crippen LogP contribution in [0, 0.1) is 25.8 Å². The molecule has 0 bridgehead atoms. The summed E-state index contributed by atoms with van der Waals surface area (Å²) in [5.74, 6) is -0.0365. The van der Waals surface area contributed by atoms with Gasteiger partial charge in [0, 0.05) is 15.1 Å². The summed E-state index contributed by atoms with van der Waals surface area (Å²) in [5.41, 5.74) is 13.5. The maximum atomic E-state index is 10.8. The summed E-state index contributed by atoms with van der Waals surface area (Å²) >= 11 is 0. The summed E-state index contributed by atoms with van der Waals surface area (Å²) in [7, 11) is 0.750. The van der Waals surface area contributed by atoms with Crippen LogP contribution in [-0.2, 0) is 26.2 Å². The Morgan fingerprint density at radius 2 is 1.42 bits per heavy atom. The predicted octanol–water partition coefficient (Wildman–Crippen LogP) is -0.258. The van der Waals surface area contributed by atoms with Gasteiger partial charge in [0.2, 0.25) is 0 Å². The number of rotatable bonds is 1. The molecule has 1 aromatic carbocycles. The Balaban J connectivity index is -0.000000148. The van der Waals surface area contributed by atoms with Gasteiger partial charge in [0.25, 0.3) is 0 Å². The maximum absolute atomic E-state index is 10.8. The third-order valence-electron chi connectivity index (χ3n) is 3.94. The van der Waals surface area contributed by atoms with Crippen LogP contribution in [0.4, 0.5) is 0 Å². The molecule has 1 aromatic rings. The maximum Gasteiger partial charge on any atom is 4.00 e. The first-order chi connectivity index (χ1) is 10.7. The number of amides is 1. The Morgan fingerprint density at radius 1 is 1.04 bits per heavy atom. The summed E-state index contributed by atoms with van der Waals surface area (Å²) in [5, 5.41) is 0. The number of hydrogen-bond donors (Lipinski definition) is 0. The van der Waals surface area contributed by atoms with E-state index >= 15 is 0 Å². The quantitative estimate of drug-likeness (QED) is 0.395. The minimum absolute atomic E-state index is 0. The number of carbonyl (C=O) groups is 1. The molecule has 0 aromatic heterocycles. The van der Waals surface area contributed by atoms with E-state index in [4.69, 9.17) is 5.73 Å². The predicted molar refractivity (Wildman–Crippen MR) is 103 cm³/mol. The van der Waals surface area contributed by atoms with Crippen molar-refractivity contribution < 1.29 is 55.8 Å². The summed E-state index contributed by atoms with van der Waals surface area (Å²) in [6, 6.07) is 5.57. The zero-order valence-corrected chi connectivity index (χ0v) is 22.2. The summed E-state index contributed by atoms with van der Waals surface area (Å²) in [6.45, 7) is 16.8. The molecule has 0 fully saturated rings. The van der Waals surface area contributed by atoms with Crippen LogP contribution in [-0.4, -0.2) is 15.4 Å². The Hall–Kier alpha value is -0.150. The fraction of sp³-hybridized carbons (Fsp3) is 0.450. The molecule has 0 spiro atoms. The zero-order chi connectivity index (χ0) is 18.2. The number of halogens is 2. The molecule has 143 valence electrons. The number of nitrogens with one attached hydrogen (secondary N) is 1. The average Bonchev–Trinajstić information content (AvgIpc) is 2.66. The molecule has 0 saturated heterocycles. The minimum Gasteiger partial charge on any atom is -1.00 e. The fourth-order valence-electron chi connectivity index (χ4n) is 2.33. The van der Waals surface area contributed by atoms with Gasteiger partial charge >= 0.3 is 26.2 Å². The second-order valence-electron chi connectivity index (χ2n) is 5.97. The van der Waals surface area contributed by atoms with Crippen LogP contribution in [0.3, 0.4) is 0 Å². The van der Waals surface area contributed by atoms with Crippen LogP contribution < -0.4 is 24.8 Å². The molecular weight excluding hydrogens is 460 g/mol. The largest absolute Gasteiger partial charge is 4.00 e. The molecule has 2 nitrogen and oxygen atoms in total. The smallest absolute Gasteiger partial charge is 1.00 e. The van der Waals surface area contributed by atoms with Gasteiger partial charge in [-0.2, -0.15) is 11.1 Å². The minimum atomic E-state index is -0.597. The van der Waals surface area contributed by atoms with Crippen molar-refractivity contribution in [3.05, 3.63) is 63.4 Å². The standard InChI is InChI=1S/C9H11NO.C9H13.C2H7Si.2ClH.Zr/c1-6-4-3-5-7(2)8(6)9(10)11;1-6-5-7(2)9(4)8(6)3;1-3-2;;;/h3-5H,1-2H3,(H2,10,11);6H,1-4H3;3H,1-2H3;2*1H;/q;-1;;;;+4/p-3. The van der Waals surface area contributed by atoms with E-state index in [2.05, 4.69) is 46.9 Å². The van der Waals surface area contributed by atoms with Crippen molar-refractivity contribution in [2.45, 2.75) is 54.6 Å². The van der Waals surface area contributed by atoms with E-state index in [-0.39, 0.29) is 51.0 Å². The van der Waals surface area contributed by atoms with E-state index in [0.717, 1.165) is 20.6 Å². The van der Waals surface area contributed by atoms with Crippen molar-refractivity contribution >= 4 is 15.4 Å². The van der Waals surface area contributed by atoms with Crippen molar-refractivity contribution in [3.63, 3.8) is 0 Å². The Labute approximate surface area is 194 Å². The number of carbonyl (C=O) groups excluding carboxylic acids is 1. The number of hydrogen-bond acceptors (Lipinski definition) is 1. The molecule has 6 heteroatoms. The van der Waals surface area contributed by atoms with Gasteiger partial charge < -0.3 is 35.3 Å². The van der Waals surface area contributed by atoms with Crippen LogP contribution in [0.25, 0.3) is 5.73 Å². The normalized spacial score (nSPS) is 14.2. The van der Waals surface area contributed by atoms with Gasteiger partial charge in [0.15, 0.2) is 0 Å². The van der Waals surface area contributed by atoms with Crippen molar-refractivity contribution in [1.29, 1.82) is 0 Å². The molecule has 1 atom stereocenters. The van der Waals surface area contributed by atoms with Crippen LogP contribution in [0.15, 0.2) is 34.9 Å².